The van der Waals surface area contributed by atoms with Gasteiger partial charge >= 0.3 is 0 Å². The van der Waals surface area contributed by atoms with Crippen LogP contribution in [-0.2, 0) is 14.4 Å². The largest absolute Gasteiger partial charge is 0.347 e. The molecule has 2 N–H and O–H groups in total. The van der Waals surface area contributed by atoms with E-state index in [0.29, 0.717) is 6.42 Å². The Balaban J connectivity index is 2.68. The summed E-state index contributed by atoms with van der Waals surface area (Å²) < 4.78 is 0. The fourth-order valence-corrected chi connectivity index (χ4v) is 3.64. The van der Waals surface area contributed by atoms with Gasteiger partial charge in [-0.15, -0.1) is 0 Å². The molecular weight excluding hydrogens is 354 g/mol. The van der Waals surface area contributed by atoms with Gasteiger partial charge in [-0.25, -0.2) is 0 Å². The van der Waals surface area contributed by atoms with Crippen LogP contribution in [0.25, 0.3) is 0 Å². The lowest BCUT2D eigenvalue weighted by molar-refractivity contribution is -0.140. The third-order valence-corrected chi connectivity index (χ3v) is 5.79. The third kappa shape index (κ3) is 8.72. The highest BCUT2D eigenvalue weighted by molar-refractivity contribution is 5.92. The van der Waals surface area contributed by atoms with Crippen LogP contribution >= 0.6 is 0 Å². The first-order valence-corrected chi connectivity index (χ1v) is 11.0. The molecule has 1 rings (SSSR count). The van der Waals surface area contributed by atoms with Crippen molar-refractivity contribution in [2.45, 2.75) is 85.1 Å². The van der Waals surface area contributed by atoms with Crippen LogP contribution in [0.1, 0.15) is 79.1 Å². The topological polar surface area (TPSA) is 78.5 Å². The molecule has 28 heavy (non-hydrogen) atoms. The Bertz CT molecular complexity index is 509. The number of hydrogen-bond acceptors (Lipinski definition) is 4. The van der Waals surface area contributed by atoms with Gasteiger partial charge in [-0.05, 0) is 58.0 Å². The summed E-state index contributed by atoms with van der Waals surface area (Å²) >= 11 is 0. The Kier molecular flexibility index (Phi) is 10.7. The summed E-state index contributed by atoms with van der Waals surface area (Å²) in [7, 11) is 1.92. The van der Waals surface area contributed by atoms with E-state index >= 15 is 0 Å². The van der Waals surface area contributed by atoms with Gasteiger partial charge in [0.2, 0.25) is 11.8 Å². The van der Waals surface area contributed by atoms with E-state index in [1.165, 1.54) is 0 Å². The highest BCUT2D eigenvalue weighted by Gasteiger charge is 2.32. The summed E-state index contributed by atoms with van der Waals surface area (Å²) in [6, 6.07) is -0.535. The first-order chi connectivity index (χ1) is 13.2. The van der Waals surface area contributed by atoms with E-state index in [9.17, 15) is 14.4 Å². The van der Waals surface area contributed by atoms with Crippen LogP contribution in [0.2, 0.25) is 0 Å². The zero-order chi connectivity index (χ0) is 21.2. The monoisotopic (exact) mass is 395 g/mol. The summed E-state index contributed by atoms with van der Waals surface area (Å²) in [5.41, 5.74) is 0.285. The maximum absolute atomic E-state index is 13.1. The van der Waals surface area contributed by atoms with Gasteiger partial charge in [0, 0.05) is 31.8 Å². The molecular formula is C22H41N3O3. The fraction of sp³-hybridized carbons (Fsp3) is 0.864. The highest BCUT2D eigenvalue weighted by atomic mass is 16.2. The molecule has 1 aliphatic heterocycles. The molecule has 2 amide bonds. The number of unbranched alkanes of at least 4 members (excludes halogenated alkanes) is 1. The highest BCUT2D eigenvalue weighted by Crippen LogP contribution is 2.31. The number of carbonyl (C=O) groups is 3. The molecule has 0 radical (unpaired) electrons. The Hall–Kier alpha value is -1.43. The van der Waals surface area contributed by atoms with E-state index in [4.69, 9.17) is 0 Å². The van der Waals surface area contributed by atoms with E-state index in [-0.39, 0.29) is 35.4 Å². The number of nitrogens with zero attached hydrogens (tertiary/aromatic N) is 1. The minimum Gasteiger partial charge on any atom is -0.347 e. The molecule has 0 aliphatic carbocycles. The molecule has 0 aromatic carbocycles. The van der Waals surface area contributed by atoms with Crippen LogP contribution in [0.5, 0.6) is 0 Å². The van der Waals surface area contributed by atoms with Crippen molar-refractivity contribution in [2.75, 3.05) is 26.7 Å². The lowest BCUT2D eigenvalue weighted by atomic mass is 9.82. The smallest absolute Gasteiger partial charge is 0.226 e. The lowest BCUT2D eigenvalue weighted by Crippen LogP contribution is -2.45. The molecule has 0 unspecified atom stereocenters. The van der Waals surface area contributed by atoms with Crippen molar-refractivity contribution in [2.24, 2.45) is 11.3 Å². The van der Waals surface area contributed by atoms with Crippen LogP contribution in [0, 0.1) is 11.3 Å². The normalized spacial score (nSPS) is 18.4. The third-order valence-electron chi connectivity index (χ3n) is 5.79. The number of likely N-dealkylation sites (tertiary alicyclic amines) is 1. The number of hydrogen-bond donors (Lipinski definition) is 2. The second-order valence-corrected chi connectivity index (χ2v) is 9.00. The Morgan fingerprint density at radius 3 is 2.32 bits per heavy atom. The van der Waals surface area contributed by atoms with Crippen molar-refractivity contribution in [3.05, 3.63) is 0 Å². The quantitative estimate of drug-likeness (QED) is 0.498. The number of carbonyl (C=O) groups excluding carboxylic acids is 3. The Morgan fingerprint density at radius 1 is 1.11 bits per heavy atom. The number of ketones is 1. The van der Waals surface area contributed by atoms with Crippen LogP contribution < -0.4 is 10.6 Å². The molecule has 1 fully saturated rings. The second kappa shape index (κ2) is 12.2. The molecule has 2 atom stereocenters. The standard InChI is InChI=1S/C22H41N3O3/c1-6-9-20(27)24-17(2)19(26)16-18(10-7-8-13-23-5)21(28)25-14-11-22(3,4)12-15-25/h17-18,23H,6-16H2,1-5H3,(H,24,27)/t17-,18+/m1/s1. The van der Waals surface area contributed by atoms with Gasteiger partial charge in [0.15, 0.2) is 5.78 Å². The SMILES string of the molecule is CCCC(=O)N[C@H](C)C(=O)C[C@H](CCCCNC)C(=O)N1CCC(C)(C)CC1. The molecule has 1 heterocycles. The average Bonchev–Trinajstić information content (AvgIpc) is 2.63. The first-order valence-electron chi connectivity index (χ1n) is 11.0. The van der Waals surface area contributed by atoms with Crippen molar-refractivity contribution in [1.29, 1.82) is 0 Å². The van der Waals surface area contributed by atoms with E-state index < -0.39 is 6.04 Å². The zero-order valence-electron chi connectivity index (χ0n) is 18.6. The van der Waals surface area contributed by atoms with Gasteiger partial charge in [-0.3, -0.25) is 14.4 Å². The van der Waals surface area contributed by atoms with Crippen molar-refractivity contribution in [1.82, 2.24) is 15.5 Å². The van der Waals surface area contributed by atoms with E-state index in [1.54, 1.807) is 6.92 Å². The lowest BCUT2D eigenvalue weighted by Gasteiger charge is -2.38. The minimum absolute atomic E-state index is 0.0474. The summed E-state index contributed by atoms with van der Waals surface area (Å²) in [6.07, 6.45) is 6.03. The maximum atomic E-state index is 13.1. The molecule has 0 saturated carbocycles. The number of Topliss-reactive ketones (excluding diaryl/α,β-unsaturated/α-hetero) is 1. The Morgan fingerprint density at radius 2 is 1.75 bits per heavy atom. The predicted octanol–water partition coefficient (Wildman–Crippen LogP) is 2.90. The minimum atomic E-state index is -0.535. The molecule has 6 heteroatoms. The van der Waals surface area contributed by atoms with Crippen molar-refractivity contribution in [3.63, 3.8) is 0 Å². The zero-order valence-corrected chi connectivity index (χ0v) is 18.6. The molecule has 162 valence electrons. The Labute approximate surface area is 171 Å². The first kappa shape index (κ1) is 24.6. The van der Waals surface area contributed by atoms with Gasteiger partial charge in [0.05, 0.1) is 6.04 Å². The molecule has 1 saturated heterocycles. The van der Waals surface area contributed by atoms with Crippen molar-refractivity contribution >= 4 is 17.6 Å². The van der Waals surface area contributed by atoms with Crippen LogP contribution in [0.15, 0.2) is 0 Å². The van der Waals surface area contributed by atoms with Gasteiger partial charge in [-0.2, -0.15) is 0 Å². The molecule has 1 aliphatic rings. The van der Waals surface area contributed by atoms with Gasteiger partial charge in [0.25, 0.3) is 0 Å². The van der Waals surface area contributed by atoms with Crippen LogP contribution in [-0.4, -0.2) is 55.2 Å². The van der Waals surface area contributed by atoms with Gasteiger partial charge in [-0.1, -0.05) is 27.2 Å². The summed E-state index contributed by atoms with van der Waals surface area (Å²) in [6.45, 7) is 10.6. The molecule has 0 bridgehead atoms. The van der Waals surface area contributed by atoms with E-state index in [0.717, 1.165) is 58.2 Å². The molecule has 0 spiro atoms. The van der Waals surface area contributed by atoms with E-state index in [2.05, 4.69) is 24.5 Å². The average molecular weight is 396 g/mol. The van der Waals surface area contributed by atoms with Crippen LogP contribution in [0.4, 0.5) is 0 Å². The summed E-state index contributed by atoms with van der Waals surface area (Å²) in [5, 5.41) is 5.89. The fourth-order valence-electron chi connectivity index (χ4n) is 3.64. The van der Waals surface area contributed by atoms with Gasteiger partial charge < -0.3 is 15.5 Å². The predicted molar refractivity (Wildman–Crippen MR) is 113 cm³/mol. The molecule has 0 aromatic rings. The molecule has 0 aromatic heterocycles. The van der Waals surface area contributed by atoms with E-state index in [1.807, 2.05) is 18.9 Å². The molecule has 6 nitrogen and oxygen atoms in total. The number of amides is 2. The number of piperidine rings is 1. The van der Waals surface area contributed by atoms with Crippen LogP contribution in [0.3, 0.4) is 0 Å². The summed E-state index contributed by atoms with van der Waals surface area (Å²) in [4.78, 5) is 39.5. The van der Waals surface area contributed by atoms with Gasteiger partial charge in [0.1, 0.15) is 0 Å². The maximum Gasteiger partial charge on any atom is 0.226 e. The number of rotatable bonds is 12. The van der Waals surface area contributed by atoms with Crippen molar-refractivity contribution in [3.8, 4) is 0 Å². The van der Waals surface area contributed by atoms with Crippen molar-refractivity contribution < 1.29 is 14.4 Å². The number of nitrogens with one attached hydrogen (secondary N) is 2. The summed E-state index contributed by atoms with van der Waals surface area (Å²) in [5.74, 6) is -0.316. The second-order valence-electron chi connectivity index (χ2n) is 9.00.